The van der Waals surface area contributed by atoms with Gasteiger partial charge in [-0.3, -0.25) is 9.36 Å². The number of hydrogen-bond donors (Lipinski definition) is 3. The van der Waals surface area contributed by atoms with Crippen LogP contribution in [0.15, 0.2) is 18.3 Å². The fourth-order valence-corrected chi connectivity index (χ4v) is 4.65. The Morgan fingerprint density at radius 2 is 1.79 bits per heavy atom. The molecular weight excluding hydrogens is 447 g/mol. The molecule has 2 aliphatic rings. The van der Waals surface area contributed by atoms with E-state index in [2.05, 4.69) is 25.6 Å². The molecule has 1 amide bonds. The van der Waals surface area contributed by atoms with Gasteiger partial charge in [0, 0.05) is 29.6 Å². The van der Waals surface area contributed by atoms with Gasteiger partial charge in [0.25, 0.3) is 0 Å². The molecule has 0 saturated heterocycles. The quantitative estimate of drug-likeness (QED) is 0.484. The fraction of sp³-hybridized carbons (Fsp3) is 0.478. The van der Waals surface area contributed by atoms with Crippen molar-refractivity contribution in [2.45, 2.75) is 64.0 Å². The minimum absolute atomic E-state index is 0.141. The van der Waals surface area contributed by atoms with Crippen molar-refractivity contribution in [2.24, 2.45) is 11.1 Å². The first-order valence-electron chi connectivity index (χ1n) is 11.5. The third-order valence-electron chi connectivity index (χ3n) is 7.13. The summed E-state index contributed by atoms with van der Waals surface area (Å²) in [6.07, 6.45) is 7.13. The van der Waals surface area contributed by atoms with E-state index in [0.717, 1.165) is 19.3 Å². The standard InChI is InChI=1S/C23H26F3N7O/c1-23(20(27)34)7-5-14(6-8-23)33-19-17(11-28-21(32-19)29-13-3-2-4-13)30-22(33)31-18-15(25)9-12(24)10-16(18)26/h9-11,13-14H,2-8H2,1H3,(H2,27,34)(H,30,31)(H,28,29,32)/t14-,23+. The summed E-state index contributed by atoms with van der Waals surface area (Å²) in [7, 11) is 0. The molecule has 0 spiro atoms. The van der Waals surface area contributed by atoms with Crippen LogP contribution in [-0.2, 0) is 4.79 Å². The van der Waals surface area contributed by atoms with E-state index in [-0.39, 0.29) is 17.9 Å². The first-order chi connectivity index (χ1) is 16.2. The zero-order chi connectivity index (χ0) is 24.0. The zero-order valence-electron chi connectivity index (χ0n) is 18.7. The van der Waals surface area contributed by atoms with Crippen molar-refractivity contribution in [1.29, 1.82) is 0 Å². The Morgan fingerprint density at radius 1 is 1.12 bits per heavy atom. The lowest BCUT2D eigenvalue weighted by atomic mass is 9.73. The molecule has 0 bridgehead atoms. The number of benzene rings is 1. The molecule has 180 valence electrons. The van der Waals surface area contributed by atoms with Gasteiger partial charge in [0.15, 0.2) is 17.3 Å². The van der Waals surface area contributed by atoms with Gasteiger partial charge in [-0.25, -0.2) is 23.1 Å². The van der Waals surface area contributed by atoms with E-state index in [1.807, 2.05) is 6.92 Å². The summed E-state index contributed by atoms with van der Waals surface area (Å²) in [5, 5.41) is 6.01. The molecule has 5 rings (SSSR count). The second-order valence-electron chi connectivity index (χ2n) is 9.51. The van der Waals surface area contributed by atoms with Gasteiger partial charge >= 0.3 is 0 Å². The topological polar surface area (TPSA) is 111 Å². The summed E-state index contributed by atoms with van der Waals surface area (Å²) in [5.74, 6) is -2.86. The summed E-state index contributed by atoms with van der Waals surface area (Å²) in [5.41, 5.74) is 5.45. The number of primary amides is 1. The summed E-state index contributed by atoms with van der Waals surface area (Å²) in [6.45, 7) is 1.85. The number of fused-ring (bicyclic) bond motifs is 1. The molecule has 2 fully saturated rings. The number of hydrogen-bond acceptors (Lipinski definition) is 6. The number of anilines is 3. The molecule has 0 radical (unpaired) electrons. The maximum atomic E-state index is 14.4. The molecule has 2 saturated carbocycles. The Balaban J connectivity index is 1.55. The number of nitrogens with two attached hydrogens (primary N) is 1. The normalized spacial score (nSPS) is 23.0. The fourth-order valence-electron chi connectivity index (χ4n) is 4.65. The van der Waals surface area contributed by atoms with E-state index < -0.39 is 28.6 Å². The van der Waals surface area contributed by atoms with E-state index in [9.17, 15) is 18.0 Å². The second kappa shape index (κ2) is 8.44. The number of amides is 1. The number of aromatic nitrogens is 4. The number of carbonyl (C=O) groups excluding carboxylic acids is 1. The summed E-state index contributed by atoms with van der Waals surface area (Å²) < 4.78 is 44.0. The van der Waals surface area contributed by atoms with Crippen LogP contribution in [0.2, 0.25) is 0 Å². The number of nitrogens with one attached hydrogen (secondary N) is 2. The zero-order valence-corrected chi connectivity index (χ0v) is 18.7. The van der Waals surface area contributed by atoms with Gasteiger partial charge in [0.1, 0.15) is 17.0 Å². The molecular formula is C23H26F3N7O. The SMILES string of the molecule is C[C@]1(C(N)=O)CC[C@@H](n2c(Nc3c(F)cc(F)cc3F)nc3cnc(NC4CCC4)nc32)CC1. The third kappa shape index (κ3) is 4.03. The largest absolute Gasteiger partial charge is 0.369 e. The van der Waals surface area contributed by atoms with E-state index >= 15 is 0 Å². The number of nitrogens with zero attached hydrogens (tertiary/aromatic N) is 4. The van der Waals surface area contributed by atoms with Crippen LogP contribution in [-0.4, -0.2) is 31.5 Å². The van der Waals surface area contributed by atoms with Gasteiger partial charge in [0.2, 0.25) is 17.8 Å². The number of halogens is 3. The van der Waals surface area contributed by atoms with Crippen molar-refractivity contribution in [3.63, 3.8) is 0 Å². The van der Waals surface area contributed by atoms with Crippen LogP contribution in [0.4, 0.5) is 30.8 Å². The first-order valence-corrected chi connectivity index (χ1v) is 11.5. The van der Waals surface area contributed by atoms with Gasteiger partial charge in [-0.2, -0.15) is 4.98 Å². The van der Waals surface area contributed by atoms with Crippen LogP contribution in [0.25, 0.3) is 11.2 Å². The van der Waals surface area contributed by atoms with Crippen molar-refractivity contribution in [3.8, 4) is 0 Å². The second-order valence-corrected chi connectivity index (χ2v) is 9.51. The minimum atomic E-state index is -1.07. The van der Waals surface area contributed by atoms with Crippen molar-refractivity contribution < 1.29 is 18.0 Å². The van der Waals surface area contributed by atoms with Crippen LogP contribution in [0, 0.1) is 22.9 Å². The minimum Gasteiger partial charge on any atom is -0.369 e. The molecule has 0 unspecified atom stereocenters. The smallest absolute Gasteiger partial charge is 0.224 e. The van der Waals surface area contributed by atoms with E-state index in [0.29, 0.717) is 61.0 Å². The van der Waals surface area contributed by atoms with Crippen LogP contribution >= 0.6 is 0 Å². The third-order valence-corrected chi connectivity index (χ3v) is 7.13. The summed E-state index contributed by atoms with van der Waals surface area (Å²) >= 11 is 0. The van der Waals surface area contributed by atoms with Gasteiger partial charge in [-0.1, -0.05) is 6.92 Å². The lowest BCUT2D eigenvalue weighted by Crippen LogP contribution is -2.38. The van der Waals surface area contributed by atoms with Gasteiger partial charge in [0.05, 0.1) is 6.20 Å². The van der Waals surface area contributed by atoms with E-state index in [1.165, 1.54) is 0 Å². The molecule has 1 aromatic carbocycles. The summed E-state index contributed by atoms with van der Waals surface area (Å²) in [4.78, 5) is 25.4. The number of imidazole rings is 1. The van der Waals surface area contributed by atoms with E-state index in [4.69, 9.17) is 5.73 Å². The molecule has 0 atom stereocenters. The lowest BCUT2D eigenvalue weighted by Gasteiger charge is -2.35. The Bertz CT molecular complexity index is 1230. The molecule has 8 nitrogen and oxygen atoms in total. The van der Waals surface area contributed by atoms with Crippen LogP contribution < -0.4 is 16.4 Å². The van der Waals surface area contributed by atoms with Crippen LogP contribution in [0.1, 0.15) is 57.9 Å². The molecule has 11 heteroatoms. The van der Waals surface area contributed by atoms with Gasteiger partial charge < -0.3 is 16.4 Å². The van der Waals surface area contributed by atoms with E-state index in [1.54, 1.807) is 10.8 Å². The van der Waals surface area contributed by atoms with Crippen molar-refractivity contribution in [2.75, 3.05) is 10.6 Å². The Morgan fingerprint density at radius 3 is 2.38 bits per heavy atom. The highest BCUT2D eigenvalue weighted by molar-refractivity contribution is 5.80. The highest BCUT2D eigenvalue weighted by Gasteiger charge is 2.38. The van der Waals surface area contributed by atoms with Crippen molar-refractivity contribution in [1.82, 2.24) is 19.5 Å². The molecule has 2 aromatic heterocycles. The van der Waals surface area contributed by atoms with Gasteiger partial charge in [-0.15, -0.1) is 0 Å². The Kier molecular flexibility index (Phi) is 5.57. The molecule has 3 aromatic rings. The highest BCUT2D eigenvalue weighted by Crippen LogP contribution is 2.43. The first kappa shape index (κ1) is 22.4. The molecule has 2 heterocycles. The maximum Gasteiger partial charge on any atom is 0.224 e. The van der Waals surface area contributed by atoms with Crippen LogP contribution in [0.5, 0.6) is 0 Å². The Labute approximate surface area is 194 Å². The molecule has 34 heavy (non-hydrogen) atoms. The molecule has 4 N–H and O–H groups in total. The monoisotopic (exact) mass is 473 g/mol. The lowest BCUT2D eigenvalue weighted by molar-refractivity contribution is -0.128. The summed E-state index contributed by atoms with van der Waals surface area (Å²) in [6, 6.07) is 1.40. The predicted molar refractivity (Wildman–Crippen MR) is 121 cm³/mol. The number of carbonyl (C=O) groups is 1. The predicted octanol–water partition coefficient (Wildman–Crippen LogP) is 4.56. The average molecular weight is 474 g/mol. The molecule has 0 aliphatic heterocycles. The van der Waals surface area contributed by atoms with Crippen LogP contribution in [0.3, 0.4) is 0 Å². The van der Waals surface area contributed by atoms with Crippen molar-refractivity contribution in [3.05, 3.63) is 35.8 Å². The maximum absolute atomic E-state index is 14.4. The average Bonchev–Trinajstić information content (AvgIpc) is 3.11. The number of rotatable bonds is 6. The van der Waals surface area contributed by atoms with Crippen molar-refractivity contribution >= 4 is 34.7 Å². The highest BCUT2D eigenvalue weighted by atomic mass is 19.1. The van der Waals surface area contributed by atoms with Gasteiger partial charge in [-0.05, 0) is 44.9 Å². The molecule has 2 aliphatic carbocycles. The Hall–Kier alpha value is -3.37.